The molecule has 8 heteroatoms. The highest BCUT2D eigenvalue weighted by Gasteiger charge is 2.16. The monoisotopic (exact) mass is 437 g/mol. The van der Waals surface area contributed by atoms with Crippen molar-refractivity contribution in [2.45, 2.75) is 20.8 Å². The van der Waals surface area contributed by atoms with Crippen LogP contribution in [0.25, 0.3) is 0 Å². The average molecular weight is 438 g/mol. The van der Waals surface area contributed by atoms with E-state index >= 15 is 0 Å². The number of benzene rings is 2. The molecule has 6 nitrogen and oxygen atoms in total. The molecule has 0 aliphatic carbocycles. The third-order valence-corrected chi connectivity index (χ3v) is 5.05. The number of nitrogens with zero attached hydrogens (tertiary/aromatic N) is 1. The number of ether oxygens (including phenoxy) is 1. The van der Waals surface area contributed by atoms with Crippen LogP contribution in [0.5, 0.6) is 5.75 Å². The van der Waals surface area contributed by atoms with Crippen LogP contribution in [0.4, 0.5) is 11.4 Å². The zero-order chi connectivity index (χ0) is 21.6. The first-order chi connectivity index (χ1) is 13.7. The molecule has 2 rings (SSSR count). The molecule has 0 spiro atoms. The Bertz CT molecular complexity index is 903. The molecule has 0 aromatic heterocycles. The molecule has 0 bridgehead atoms. The van der Waals surface area contributed by atoms with E-state index in [2.05, 4.69) is 10.6 Å². The van der Waals surface area contributed by atoms with E-state index in [1.165, 1.54) is 7.11 Å². The maximum Gasteiger partial charge on any atom is 0.238 e. The van der Waals surface area contributed by atoms with E-state index < -0.39 is 0 Å². The van der Waals surface area contributed by atoms with Crippen LogP contribution in [-0.2, 0) is 9.59 Å². The predicted octanol–water partition coefficient (Wildman–Crippen LogP) is 4.52. The summed E-state index contributed by atoms with van der Waals surface area (Å²) in [5.41, 5.74) is 2.93. The lowest BCUT2D eigenvalue weighted by atomic mass is 10.2. The molecule has 29 heavy (non-hydrogen) atoms. The zero-order valence-corrected chi connectivity index (χ0v) is 18.4. The molecular formula is C21H25Cl2N3O3. The fraction of sp³-hybridized carbons (Fsp3) is 0.333. The fourth-order valence-corrected chi connectivity index (χ4v) is 3.05. The van der Waals surface area contributed by atoms with Crippen molar-refractivity contribution in [3.05, 3.63) is 51.5 Å². The fourth-order valence-electron chi connectivity index (χ4n) is 2.72. The molecule has 2 aromatic rings. The van der Waals surface area contributed by atoms with E-state index in [0.717, 1.165) is 11.1 Å². The number of anilines is 2. The molecule has 0 saturated carbocycles. The van der Waals surface area contributed by atoms with E-state index in [9.17, 15) is 9.59 Å². The Kier molecular flexibility index (Phi) is 8.32. The molecule has 2 amide bonds. The van der Waals surface area contributed by atoms with E-state index in [4.69, 9.17) is 27.9 Å². The minimum Gasteiger partial charge on any atom is -0.495 e. The van der Waals surface area contributed by atoms with Gasteiger partial charge >= 0.3 is 0 Å². The smallest absolute Gasteiger partial charge is 0.238 e. The number of carbonyl (C=O) groups excluding carboxylic acids is 2. The molecule has 2 aromatic carbocycles. The molecule has 0 radical (unpaired) electrons. The van der Waals surface area contributed by atoms with Crippen molar-refractivity contribution in [3.8, 4) is 5.75 Å². The maximum absolute atomic E-state index is 12.5. The second-order valence-corrected chi connectivity index (χ2v) is 7.50. The molecule has 0 atom stereocenters. The van der Waals surface area contributed by atoms with Gasteiger partial charge in [0, 0.05) is 21.8 Å². The summed E-state index contributed by atoms with van der Waals surface area (Å²) in [6.07, 6.45) is 0. The predicted molar refractivity (Wildman–Crippen MR) is 118 cm³/mol. The van der Waals surface area contributed by atoms with Crippen molar-refractivity contribution in [2.75, 3.05) is 37.4 Å². The van der Waals surface area contributed by atoms with Gasteiger partial charge in [-0.05, 0) is 49.7 Å². The van der Waals surface area contributed by atoms with Crippen LogP contribution in [-0.4, -0.2) is 43.5 Å². The Morgan fingerprint density at radius 2 is 1.59 bits per heavy atom. The van der Waals surface area contributed by atoms with Crippen LogP contribution in [0.1, 0.15) is 18.1 Å². The van der Waals surface area contributed by atoms with Crippen molar-refractivity contribution in [3.63, 3.8) is 0 Å². The minimum absolute atomic E-state index is 0.0588. The van der Waals surface area contributed by atoms with Crippen molar-refractivity contribution in [1.29, 1.82) is 0 Å². The molecule has 156 valence electrons. The second-order valence-electron chi connectivity index (χ2n) is 6.66. The van der Waals surface area contributed by atoms with Gasteiger partial charge in [0.2, 0.25) is 11.8 Å². The number of halogens is 2. The quantitative estimate of drug-likeness (QED) is 0.636. The number of likely N-dealkylation sites (N-methyl/N-ethyl adjacent to an activating group) is 1. The summed E-state index contributed by atoms with van der Waals surface area (Å²) in [7, 11) is 1.51. The van der Waals surface area contributed by atoms with Crippen LogP contribution in [0, 0.1) is 13.8 Å². The van der Waals surface area contributed by atoms with Gasteiger partial charge in [-0.1, -0.05) is 36.2 Å². The van der Waals surface area contributed by atoms with Gasteiger partial charge in [0.25, 0.3) is 0 Å². The molecular weight excluding hydrogens is 413 g/mol. The van der Waals surface area contributed by atoms with E-state index in [1.54, 1.807) is 29.2 Å². The minimum atomic E-state index is -0.251. The third kappa shape index (κ3) is 6.63. The molecule has 0 aliphatic rings. The van der Waals surface area contributed by atoms with Gasteiger partial charge in [-0.15, -0.1) is 0 Å². The first-order valence-electron chi connectivity index (χ1n) is 9.15. The molecule has 0 unspecified atom stereocenters. The van der Waals surface area contributed by atoms with Crippen molar-refractivity contribution in [2.24, 2.45) is 0 Å². The average Bonchev–Trinajstić information content (AvgIpc) is 2.66. The Labute approximate surface area is 181 Å². The van der Waals surface area contributed by atoms with Gasteiger partial charge in [0.1, 0.15) is 5.75 Å². The molecule has 0 aliphatic heterocycles. The normalized spacial score (nSPS) is 10.7. The van der Waals surface area contributed by atoms with Gasteiger partial charge < -0.3 is 15.4 Å². The summed E-state index contributed by atoms with van der Waals surface area (Å²) in [5.74, 6) is 0.00900. The summed E-state index contributed by atoms with van der Waals surface area (Å²) >= 11 is 12.1. The number of aryl methyl sites for hydroxylation is 2. The van der Waals surface area contributed by atoms with E-state index in [1.807, 2.05) is 26.8 Å². The standard InChI is InChI=1S/C21H25Cl2N3O3/c1-5-26(11-20(27)24-17-9-15(22)7-6-13(17)2)12-21(28)25-18-8-14(3)16(23)10-19(18)29-4/h6-10H,5,11-12H2,1-4H3,(H,24,27)(H,25,28). The summed E-state index contributed by atoms with van der Waals surface area (Å²) < 4.78 is 5.28. The highest BCUT2D eigenvalue weighted by molar-refractivity contribution is 6.31. The Morgan fingerprint density at radius 3 is 2.17 bits per heavy atom. The van der Waals surface area contributed by atoms with Gasteiger partial charge in [-0.25, -0.2) is 0 Å². The van der Waals surface area contributed by atoms with Crippen LogP contribution >= 0.6 is 23.2 Å². The third-order valence-electron chi connectivity index (χ3n) is 4.41. The lowest BCUT2D eigenvalue weighted by Gasteiger charge is -2.20. The Hall–Kier alpha value is -2.28. The zero-order valence-electron chi connectivity index (χ0n) is 16.9. The largest absolute Gasteiger partial charge is 0.495 e. The summed E-state index contributed by atoms with van der Waals surface area (Å²) in [4.78, 5) is 26.6. The Balaban J connectivity index is 1.98. The first kappa shape index (κ1) is 23.0. The van der Waals surface area contributed by atoms with Crippen LogP contribution in [0.15, 0.2) is 30.3 Å². The molecule has 0 saturated heterocycles. The van der Waals surface area contributed by atoms with Crippen molar-refractivity contribution in [1.82, 2.24) is 4.90 Å². The van der Waals surface area contributed by atoms with Crippen molar-refractivity contribution >= 4 is 46.4 Å². The SMILES string of the molecule is CCN(CC(=O)Nc1cc(Cl)ccc1C)CC(=O)Nc1cc(C)c(Cl)cc1OC. The van der Waals surface area contributed by atoms with Crippen LogP contribution in [0.2, 0.25) is 10.0 Å². The van der Waals surface area contributed by atoms with Crippen molar-refractivity contribution < 1.29 is 14.3 Å². The summed E-state index contributed by atoms with van der Waals surface area (Å²) in [5, 5.41) is 6.76. The lowest BCUT2D eigenvalue weighted by molar-refractivity contribution is -0.119. The first-order valence-corrected chi connectivity index (χ1v) is 9.91. The van der Waals surface area contributed by atoms with Crippen LogP contribution in [0.3, 0.4) is 0 Å². The van der Waals surface area contributed by atoms with Gasteiger partial charge in [-0.2, -0.15) is 0 Å². The second kappa shape index (κ2) is 10.5. The highest BCUT2D eigenvalue weighted by Crippen LogP contribution is 2.30. The number of methoxy groups -OCH3 is 1. The highest BCUT2D eigenvalue weighted by atomic mass is 35.5. The summed E-state index contributed by atoms with van der Waals surface area (Å²) in [6, 6.07) is 8.72. The van der Waals surface area contributed by atoms with E-state index in [0.29, 0.717) is 33.7 Å². The van der Waals surface area contributed by atoms with Gasteiger partial charge in [0.15, 0.2) is 0 Å². The van der Waals surface area contributed by atoms with Crippen LogP contribution < -0.4 is 15.4 Å². The number of hydrogen-bond donors (Lipinski definition) is 2. The van der Waals surface area contributed by atoms with Gasteiger partial charge in [0.05, 0.1) is 25.9 Å². The molecule has 2 N–H and O–H groups in total. The maximum atomic E-state index is 12.5. The number of rotatable bonds is 8. The number of amides is 2. The molecule has 0 fully saturated rings. The topological polar surface area (TPSA) is 70.7 Å². The van der Waals surface area contributed by atoms with Gasteiger partial charge in [-0.3, -0.25) is 14.5 Å². The molecule has 0 heterocycles. The lowest BCUT2D eigenvalue weighted by Crippen LogP contribution is -2.38. The number of hydrogen-bond acceptors (Lipinski definition) is 4. The van der Waals surface area contributed by atoms with E-state index in [-0.39, 0.29) is 24.9 Å². The number of nitrogens with one attached hydrogen (secondary N) is 2. The summed E-state index contributed by atoms with van der Waals surface area (Å²) in [6.45, 7) is 6.29. The Morgan fingerprint density at radius 1 is 0.966 bits per heavy atom. The number of carbonyl (C=O) groups is 2.